The number of methoxy groups -OCH3 is 2. The predicted octanol–water partition coefficient (Wildman–Crippen LogP) is 6.37. The zero-order valence-corrected chi connectivity index (χ0v) is 20.9. The number of thiophene rings is 1. The molecular weight excluding hydrogens is 498 g/mol. The van der Waals surface area contributed by atoms with E-state index in [-0.39, 0.29) is 18.1 Å². The lowest BCUT2D eigenvalue weighted by Gasteiger charge is -2.24. The molecule has 0 saturated heterocycles. The van der Waals surface area contributed by atoms with Crippen molar-refractivity contribution in [2.24, 2.45) is 20.5 Å². The summed E-state index contributed by atoms with van der Waals surface area (Å²) in [6.45, 7) is 1.59. The van der Waals surface area contributed by atoms with Gasteiger partial charge in [0.25, 0.3) is 5.69 Å². The average Bonchev–Trinajstić information content (AvgIpc) is 3.33. The Bertz CT molecular complexity index is 1310. The van der Waals surface area contributed by atoms with Gasteiger partial charge in [-0.2, -0.15) is 5.26 Å². The molecule has 0 fully saturated rings. The minimum atomic E-state index is -0.493. The molecule has 0 unspecified atom stereocenters. The van der Waals surface area contributed by atoms with Crippen LogP contribution in [-0.2, 0) is 14.3 Å². The Kier molecular flexibility index (Phi) is 9.89. The number of nitrogens with zero attached hydrogens (tertiary/aromatic N) is 7. The zero-order chi connectivity index (χ0) is 26.6. The summed E-state index contributed by atoms with van der Waals surface area (Å²) in [7, 11) is 2.97. The van der Waals surface area contributed by atoms with Crippen molar-refractivity contribution >= 4 is 50.1 Å². The summed E-state index contributed by atoms with van der Waals surface area (Å²) in [4.78, 5) is 23.8. The van der Waals surface area contributed by atoms with Crippen molar-refractivity contribution in [1.29, 1.82) is 5.26 Å². The van der Waals surface area contributed by atoms with E-state index in [0.717, 1.165) is 17.0 Å². The lowest BCUT2D eigenvalue weighted by atomic mass is 10.2. The first kappa shape index (κ1) is 27.1. The van der Waals surface area contributed by atoms with Crippen LogP contribution in [0.5, 0.6) is 0 Å². The van der Waals surface area contributed by atoms with Crippen LogP contribution in [0.3, 0.4) is 0 Å². The first-order valence-electron chi connectivity index (χ1n) is 11.0. The molecule has 0 aliphatic rings. The molecule has 1 heterocycles. The standard InChI is InChI=1S/C24H23N7O5S/c1-35-14-13-30(12-11-23(32)36-2)20-7-3-19(4-8-20)27-29-24-17(16-25)15-22(37-24)28-26-18-5-9-21(10-6-18)31(33)34/h3-10,15H,11-14H2,1-2H3. The van der Waals surface area contributed by atoms with E-state index in [9.17, 15) is 20.2 Å². The third-order valence-electron chi connectivity index (χ3n) is 4.99. The van der Waals surface area contributed by atoms with Crippen molar-refractivity contribution in [1.82, 2.24) is 0 Å². The number of nitro groups is 1. The van der Waals surface area contributed by atoms with Gasteiger partial charge in [0.1, 0.15) is 11.1 Å². The van der Waals surface area contributed by atoms with Crippen molar-refractivity contribution in [2.75, 3.05) is 38.8 Å². The largest absolute Gasteiger partial charge is 0.469 e. The van der Waals surface area contributed by atoms with Gasteiger partial charge in [-0.1, -0.05) is 11.3 Å². The molecule has 3 rings (SSSR count). The summed E-state index contributed by atoms with van der Waals surface area (Å²) in [5, 5.41) is 37.6. The number of hydrogen-bond donors (Lipinski definition) is 0. The first-order chi connectivity index (χ1) is 17.9. The summed E-state index contributed by atoms with van der Waals surface area (Å²) < 4.78 is 9.89. The molecule has 37 heavy (non-hydrogen) atoms. The highest BCUT2D eigenvalue weighted by Crippen LogP contribution is 2.38. The Morgan fingerprint density at radius 1 is 1.03 bits per heavy atom. The van der Waals surface area contributed by atoms with E-state index in [2.05, 4.69) is 26.5 Å². The molecule has 1 aromatic heterocycles. The quantitative estimate of drug-likeness (QED) is 0.116. The second-order valence-corrected chi connectivity index (χ2v) is 8.42. The lowest BCUT2D eigenvalue weighted by molar-refractivity contribution is -0.384. The maximum Gasteiger partial charge on any atom is 0.307 e. The minimum Gasteiger partial charge on any atom is -0.469 e. The molecule has 0 saturated carbocycles. The number of carbonyl (C=O) groups is 1. The van der Waals surface area contributed by atoms with Gasteiger partial charge in [-0.25, -0.2) is 0 Å². The Morgan fingerprint density at radius 3 is 2.27 bits per heavy atom. The van der Waals surface area contributed by atoms with Gasteiger partial charge in [-0.05, 0) is 42.5 Å². The van der Waals surface area contributed by atoms with Crippen LogP contribution in [0.2, 0.25) is 0 Å². The fourth-order valence-electron chi connectivity index (χ4n) is 3.05. The van der Waals surface area contributed by atoms with E-state index in [4.69, 9.17) is 9.47 Å². The van der Waals surface area contributed by atoms with Gasteiger partial charge in [0.05, 0.1) is 42.0 Å². The molecule has 0 atom stereocenters. The molecule has 2 aromatic carbocycles. The van der Waals surface area contributed by atoms with E-state index >= 15 is 0 Å². The van der Waals surface area contributed by atoms with Gasteiger partial charge in [0.2, 0.25) is 0 Å². The number of nitro benzene ring substituents is 1. The molecule has 3 aromatic rings. The van der Waals surface area contributed by atoms with Crippen LogP contribution in [0.15, 0.2) is 75.1 Å². The minimum absolute atomic E-state index is 0.0403. The molecule has 0 N–H and O–H groups in total. The van der Waals surface area contributed by atoms with Gasteiger partial charge in [0, 0.05) is 38.0 Å². The second kappa shape index (κ2) is 13.5. The van der Waals surface area contributed by atoms with Crippen molar-refractivity contribution in [2.45, 2.75) is 6.42 Å². The highest BCUT2D eigenvalue weighted by atomic mass is 32.1. The van der Waals surface area contributed by atoms with Gasteiger partial charge in [-0.15, -0.1) is 20.5 Å². The van der Waals surface area contributed by atoms with Crippen LogP contribution < -0.4 is 4.90 Å². The third-order valence-corrected chi connectivity index (χ3v) is 5.90. The number of rotatable bonds is 12. The average molecular weight is 522 g/mol. The highest BCUT2D eigenvalue weighted by molar-refractivity contribution is 7.19. The lowest BCUT2D eigenvalue weighted by Crippen LogP contribution is -2.29. The molecule has 12 nitrogen and oxygen atoms in total. The molecule has 0 aliphatic carbocycles. The van der Waals surface area contributed by atoms with Crippen molar-refractivity contribution in [3.63, 3.8) is 0 Å². The van der Waals surface area contributed by atoms with Gasteiger partial charge in [0.15, 0.2) is 5.00 Å². The third kappa shape index (κ3) is 7.99. The Hall–Kier alpha value is -4.54. The molecule has 190 valence electrons. The smallest absolute Gasteiger partial charge is 0.307 e. The number of hydrogen-bond acceptors (Lipinski definition) is 12. The SMILES string of the molecule is COCCN(CCC(=O)OC)c1ccc(N=Nc2sc(N=Nc3ccc([N+](=O)[O-])cc3)cc2C#N)cc1. The molecule has 13 heteroatoms. The number of benzene rings is 2. The van der Waals surface area contributed by atoms with Gasteiger partial charge in [-0.3, -0.25) is 14.9 Å². The van der Waals surface area contributed by atoms with Crippen molar-refractivity contribution < 1.29 is 19.2 Å². The van der Waals surface area contributed by atoms with Crippen LogP contribution in [0, 0.1) is 21.4 Å². The maximum atomic E-state index is 11.5. The number of anilines is 1. The normalized spacial score (nSPS) is 11.1. The molecule has 0 radical (unpaired) electrons. The Morgan fingerprint density at radius 2 is 1.68 bits per heavy atom. The van der Waals surface area contributed by atoms with Crippen LogP contribution in [0.1, 0.15) is 12.0 Å². The monoisotopic (exact) mass is 521 g/mol. The van der Waals surface area contributed by atoms with Gasteiger partial charge >= 0.3 is 5.97 Å². The summed E-state index contributed by atoms with van der Waals surface area (Å²) >= 11 is 1.14. The fourth-order valence-corrected chi connectivity index (χ4v) is 3.81. The van der Waals surface area contributed by atoms with Crippen LogP contribution in [-0.4, -0.2) is 44.8 Å². The summed E-state index contributed by atoms with van der Waals surface area (Å²) in [6, 6.07) is 16.6. The van der Waals surface area contributed by atoms with Crippen LogP contribution >= 0.6 is 11.3 Å². The van der Waals surface area contributed by atoms with E-state index in [1.54, 1.807) is 25.3 Å². The Balaban J connectivity index is 1.70. The van der Waals surface area contributed by atoms with E-state index in [1.165, 1.54) is 31.4 Å². The van der Waals surface area contributed by atoms with E-state index in [1.807, 2.05) is 17.0 Å². The number of non-ortho nitro benzene ring substituents is 1. The van der Waals surface area contributed by atoms with Crippen LogP contribution in [0.4, 0.5) is 32.8 Å². The van der Waals surface area contributed by atoms with E-state index in [0.29, 0.717) is 46.6 Å². The number of esters is 1. The van der Waals surface area contributed by atoms with Gasteiger partial charge < -0.3 is 14.4 Å². The van der Waals surface area contributed by atoms with Crippen molar-refractivity contribution in [3.8, 4) is 6.07 Å². The highest BCUT2D eigenvalue weighted by Gasteiger charge is 2.11. The second-order valence-electron chi connectivity index (χ2n) is 7.41. The Labute approximate surface area is 216 Å². The van der Waals surface area contributed by atoms with Crippen LogP contribution in [0.25, 0.3) is 0 Å². The number of nitriles is 1. The topological polar surface area (TPSA) is 155 Å². The molecule has 0 aliphatic heterocycles. The number of carbonyl (C=O) groups excluding carboxylic acids is 1. The first-order valence-corrected chi connectivity index (χ1v) is 11.8. The fraction of sp³-hybridized carbons (Fsp3) is 0.250. The predicted molar refractivity (Wildman–Crippen MR) is 138 cm³/mol. The van der Waals surface area contributed by atoms with Crippen molar-refractivity contribution in [3.05, 3.63) is 70.3 Å². The maximum absolute atomic E-state index is 11.5. The molecule has 0 spiro atoms. The summed E-state index contributed by atoms with van der Waals surface area (Å²) in [6.07, 6.45) is 0.251. The molecule has 0 bridgehead atoms. The number of azo groups is 2. The van der Waals surface area contributed by atoms with E-state index < -0.39 is 4.92 Å². The molecular formula is C24H23N7O5S. The zero-order valence-electron chi connectivity index (χ0n) is 20.1. The summed E-state index contributed by atoms with van der Waals surface area (Å²) in [5.74, 6) is -0.288. The summed E-state index contributed by atoms with van der Waals surface area (Å²) in [5.41, 5.74) is 2.17. The molecule has 0 amide bonds. The number of ether oxygens (including phenoxy) is 2.